The average Bonchev–Trinajstić information content (AvgIpc) is 3.08. The number of nitrogens with zero attached hydrogens (tertiary/aromatic N) is 2. The fourth-order valence-corrected chi connectivity index (χ4v) is 4.26. The lowest BCUT2D eigenvalue weighted by Crippen LogP contribution is -2.56. The van der Waals surface area contributed by atoms with Gasteiger partial charge >= 0.3 is 0 Å². The van der Waals surface area contributed by atoms with Crippen LogP contribution >= 0.6 is 0 Å². The summed E-state index contributed by atoms with van der Waals surface area (Å²) in [5.41, 5.74) is 2.10. The summed E-state index contributed by atoms with van der Waals surface area (Å²) in [4.78, 5) is 41.5. The molecule has 32 heavy (non-hydrogen) atoms. The molecule has 0 radical (unpaired) electrons. The van der Waals surface area contributed by atoms with Gasteiger partial charge in [0.2, 0.25) is 0 Å². The first kappa shape index (κ1) is 22.2. The van der Waals surface area contributed by atoms with E-state index in [1.165, 1.54) is 4.90 Å². The highest BCUT2D eigenvalue weighted by Gasteiger charge is 2.35. The summed E-state index contributed by atoms with van der Waals surface area (Å²) in [6.45, 7) is 8.22. The summed E-state index contributed by atoms with van der Waals surface area (Å²) < 4.78 is 5.45. The maximum Gasteiger partial charge on any atom is 0.261 e. The van der Waals surface area contributed by atoms with Gasteiger partial charge in [0, 0.05) is 30.7 Å². The zero-order valence-corrected chi connectivity index (χ0v) is 18.6. The Morgan fingerprint density at radius 2 is 1.59 bits per heavy atom. The molecule has 4 rings (SSSR count). The van der Waals surface area contributed by atoms with E-state index in [-0.39, 0.29) is 29.8 Å². The molecule has 7 heteroatoms. The number of carbonyl (C=O) groups excluding carboxylic acids is 3. The Kier molecular flexibility index (Phi) is 6.39. The monoisotopic (exact) mass is 435 g/mol. The van der Waals surface area contributed by atoms with Crippen molar-refractivity contribution in [2.75, 3.05) is 32.8 Å². The van der Waals surface area contributed by atoms with Gasteiger partial charge in [0.1, 0.15) is 0 Å². The highest BCUT2D eigenvalue weighted by atomic mass is 16.5. The molecular formula is C25H29N3O4. The summed E-state index contributed by atoms with van der Waals surface area (Å²) >= 11 is 0. The van der Waals surface area contributed by atoms with E-state index in [9.17, 15) is 14.4 Å². The van der Waals surface area contributed by atoms with Crippen LogP contribution in [0.15, 0.2) is 48.5 Å². The van der Waals surface area contributed by atoms with Crippen LogP contribution in [0.5, 0.6) is 0 Å². The second-order valence-corrected chi connectivity index (χ2v) is 8.57. The van der Waals surface area contributed by atoms with Crippen LogP contribution in [-0.4, -0.2) is 65.9 Å². The molecule has 0 bridgehead atoms. The van der Waals surface area contributed by atoms with Crippen LogP contribution in [0.1, 0.15) is 56.9 Å². The first-order valence-corrected chi connectivity index (χ1v) is 11.1. The molecule has 0 aliphatic carbocycles. The van der Waals surface area contributed by atoms with E-state index in [1.807, 2.05) is 0 Å². The van der Waals surface area contributed by atoms with E-state index < -0.39 is 0 Å². The van der Waals surface area contributed by atoms with E-state index in [2.05, 4.69) is 24.1 Å². The first-order chi connectivity index (χ1) is 15.4. The van der Waals surface area contributed by atoms with Gasteiger partial charge in [0.05, 0.1) is 30.9 Å². The van der Waals surface area contributed by atoms with Gasteiger partial charge in [0.15, 0.2) is 0 Å². The number of benzene rings is 2. The minimum atomic E-state index is -0.283. The fourth-order valence-electron chi connectivity index (χ4n) is 4.26. The second-order valence-electron chi connectivity index (χ2n) is 8.57. The molecule has 7 nitrogen and oxygen atoms in total. The Morgan fingerprint density at radius 3 is 2.16 bits per heavy atom. The van der Waals surface area contributed by atoms with Gasteiger partial charge < -0.3 is 10.1 Å². The van der Waals surface area contributed by atoms with E-state index in [0.717, 1.165) is 38.3 Å². The van der Waals surface area contributed by atoms with Crippen molar-refractivity contribution in [2.24, 2.45) is 0 Å². The maximum absolute atomic E-state index is 12.7. The highest BCUT2D eigenvalue weighted by molar-refractivity contribution is 6.21. The van der Waals surface area contributed by atoms with Gasteiger partial charge in [-0.25, -0.2) is 0 Å². The van der Waals surface area contributed by atoms with E-state index >= 15 is 0 Å². The Bertz CT molecular complexity index is 979. The highest BCUT2D eigenvalue weighted by Crippen LogP contribution is 2.24. The summed E-state index contributed by atoms with van der Waals surface area (Å²) in [5, 5.41) is 3.07. The van der Waals surface area contributed by atoms with Gasteiger partial charge in [-0.15, -0.1) is 0 Å². The summed E-state index contributed by atoms with van der Waals surface area (Å²) in [6.07, 6.45) is 0.923. The summed E-state index contributed by atoms with van der Waals surface area (Å²) in [5.74, 6) is -0.700. The Hall–Kier alpha value is -3.03. The number of nitrogens with one attached hydrogen (secondary N) is 1. The molecule has 1 saturated heterocycles. The van der Waals surface area contributed by atoms with Crippen LogP contribution in [0.2, 0.25) is 0 Å². The maximum atomic E-state index is 12.7. The Labute approximate surface area is 188 Å². The molecule has 0 spiro atoms. The Balaban J connectivity index is 1.37. The standard InChI is InChI=1S/C25H29N3O4/c1-3-25(2,27-12-14-32-15-13-27)17-26-22(29)19-10-8-18(9-11-19)16-28-23(30)20-6-4-5-7-21(20)24(28)31/h4-11H,3,12-17H2,1-2H3,(H,26,29). The van der Waals surface area contributed by atoms with Crippen molar-refractivity contribution < 1.29 is 19.1 Å². The molecule has 168 valence electrons. The molecule has 1 unspecified atom stereocenters. The number of amides is 3. The van der Waals surface area contributed by atoms with Crippen molar-refractivity contribution in [1.82, 2.24) is 15.1 Å². The third-order valence-corrected chi connectivity index (χ3v) is 6.60. The molecule has 1 atom stereocenters. The van der Waals surface area contributed by atoms with Crippen LogP contribution in [0, 0.1) is 0 Å². The molecule has 3 amide bonds. The molecule has 2 aliphatic rings. The van der Waals surface area contributed by atoms with Crippen LogP contribution < -0.4 is 5.32 Å². The SMILES string of the molecule is CCC(C)(CNC(=O)c1ccc(CN2C(=O)c3ccccc3C2=O)cc1)N1CCOCC1. The predicted molar refractivity (Wildman–Crippen MR) is 121 cm³/mol. The molecule has 1 fully saturated rings. The van der Waals surface area contributed by atoms with Gasteiger partial charge in [0.25, 0.3) is 17.7 Å². The molecule has 2 heterocycles. The zero-order chi connectivity index (χ0) is 22.7. The van der Waals surface area contributed by atoms with Crippen molar-refractivity contribution in [1.29, 1.82) is 0 Å². The number of carbonyl (C=O) groups is 3. The van der Waals surface area contributed by atoms with E-state index in [0.29, 0.717) is 23.2 Å². The van der Waals surface area contributed by atoms with Gasteiger partial charge in [-0.2, -0.15) is 0 Å². The molecule has 2 aromatic carbocycles. The van der Waals surface area contributed by atoms with Gasteiger partial charge in [-0.3, -0.25) is 24.2 Å². The molecule has 0 aromatic heterocycles. The smallest absolute Gasteiger partial charge is 0.261 e. The topological polar surface area (TPSA) is 79.0 Å². The molecule has 2 aliphatic heterocycles. The third kappa shape index (κ3) is 4.31. The van der Waals surface area contributed by atoms with E-state index in [4.69, 9.17) is 4.74 Å². The summed E-state index contributed by atoms with van der Waals surface area (Å²) in [7, 11) is 0. The zero-order valence-electron chi connectivity index (χ0n) is 18.6. The van der Waals surface area contributed by atoms with Crippen molar-refractivity contribution in [3.8, 4) is 0 Å². The lowest BCUT2D eigenvalue weighted by Gasteiger charge is -2.43. The lowest BCUT2D eigenvalue weighted by atomic mass is 9.95. The van der Waals surface area contributed by atoms with Crippen LogP contribution in [0.3, 0.4) is 0 Å². The van der Waals surface area contributed by atoms with Gasteiger partial charge in [-0.05, 0) is 43.2 Å². The molecule has 0 saturated carbocycles. The minimum Gasteiger partial charge on any atom is -0.379 e. The number of fused-ring (bicyclic) bond motifs is 1. The lowest BCUT2D eigenvalue weighted by molar-refractivity contribution is -0.0169. The number of imide groups is 1. The number of ether oxygens (including phenoxy) is 1. The van der Waals surface area contributed by atoms with Gasteiger partial charge in [-0.1, -0.05) is 31.2 Å². The third-order valence-electron chi connectivity index (χ3n) is 6.60. The normalized spacial score (nSPS) is 18.4. The average molecular weight is 436 g/mol. The van der Waals surface area contributed by atoms with Crippen molar-refractivity contribution in [2.45, 2.75) is 32.4 Å². The van der Waals surface area contributed by atoms with Crippen LogP contribution in [0.4, 0.5) is 0 Å². The van der Waals surface area contributed by atoms with Crippen molar-refractivity contribution in [3.05, 3.63) is 70.8 Å². The summed E-state index contributed by atoms with van der Waals surface area (Å²) in [6, 6.07) is 13.9. The molecule has 2 aromatic rings. The molecule has 1 N–H and O–H groups in total. The second kappa shape index (κ2) is 9.22. The quantitative estimate of drug-likeness (QED) is 0.677. The minimum absolute atomic E-state index is 0.120. The number of hydrogen-bond acceptors (Lipinski definition) is 5. The number of rotatable bonds is 7. The van der Waals surface area contributed by atoms with E-state index in [1.54, 1.807) is 48.5 Å². The first-order valence-electron chi connectivity index (χ1n) is 11.1. The van der Waals surface area contributed by atoms with Crippen LogP contribution in [0.25, 0.3) is 0 Å². The fraction of sp³-hybridized carbons (Fsp3) is 0.400. The van der Waals surface area contributed by atoms with Crippen molar-refractivity contribution in [3.63, 3.8) is 0 Å². The van der Waals surface area contributed by atoms with Crippen LogP contribution in [-0.2, 0) is 11.3 Å². The predicted octanol–water partition coefficient (Wildman–Crippen LogP) is 2.71. The number of morpholine rings is 1. The number of hydrogen-bond donors (Lipinski definition) is 1. The van der Waals surface area contributed by atoms with Crippen molar-refractivity contribution >= 4 is 17.7 Å². The largest absolute Gasteiger partial charge is 0.379 e. The molecular weight excluding hydrogens is 406 g/mol. The Morgan fingerprint density at radius 1 is 1.00 bits per heavy atom.